The van der Waals surface area contributed by atoms with E-state index in [4.69, 9.17) is 9.15 Å². The van der Waals surface area contributed by atoms with Gasteiger partial charge in [-0.3, -0.25) is 14.9 Å². The number of ether oxygens (including phenoxy) is 1. The quantitative estimate of drug-likeness (QED) is 0.579. The Balaban J connectivity index is 2.15. The lowest BCUT2D eigenvalue weighted by atomic mass is 10.1. The Hall–Kier alpha value is -3.35. The summed E-state index contributed by atoms with van der Waals surface area (Å²) in [5.41, 5.74) is 0.338. The highest BCUT2D eigenvalue weighted by atomic mass is 16.6. The van der Waals surface area contributed by atoms with Crippen molar-refractivity contribution >= 4 is 28.2 Å². The van der Waals surface area contributed by atoms with Crippen molar-refractivity contribution in [2.24, 2.45) is 0 Å². The summed E-state index contributed by atoms with van der Waals surface area (Å²) in [4.78, 5) is 23.1. The van der Waals surface area contributed by atoms with Crippen LogP contribution in [0, 0.1) is 17.0 Å². The van der Waals surface area contributed by atoms with Crippen molar-refractivity contribution in [3.63, 3.8) is 0 Å². The lowest BCUT2D eigenvalue weighted by Crippen LogP contribution is -2.11. The first kappa shape index (κ1) is 15.5. The second-order valence-corrected chi connectivity index (χ2v) is 5.22. The Kier molecular flexibility index (Phi) is 3.91. The van der Waals surface area contributed by atoms with Crippen molar-refractivity contribution in [1.29, 1.82) is 0 Å². The fourth-order valence-electron chi connectivity index (χ4n) is 2.36. The molecule has 0 spiro atoms. The van der Waals surface area contributed by atoms with E-state index in [9.17, 15) is 14.9 Å². The molecule has 3 aromatic rings. The molecular weight excluding hydrogens is 312 g/mol. The minimum absolute atomic E-state index is 0.182. The third-order valence-electron chi connectivity index (χ3n) is 3.55. The molecular formula is C17H14N2O5. The number of aryl methyl sites for hydroxylation is 1. The van der Waals surface area contributed by atoms with Gasteiger partial charge in [-0.1, -0.05) is 11.6 Å². The molecule has 0 amide bonds. The molecule has 0 aliphatic rings. The van der Waals surface area contributed by atoms with Gasteiger partial charge in [0, 0.05) is 5.69 Å². The molecule has 0 aliphatic heterocycles. The fraction of sp³-hybridized carbons (Fsp3) is 0.118. The molecule has 0 atom stereocenters. The van der Waals surface area contributed by atoms with E-state index in [1.165, 1.54) is 7.11 Å². The number of anilines is 2. The number of hydrogen-bond acceptors (Lipinski definition) is 6. The first-order valence-electron chi connectivity index (χ1n) is 7.12. The third-order valence-corrected chi connectivity index (χ3v) is 3.55. The summed E-state index contributed by atoms with van der Waals surface area (Å²) in [5, 5.41) is 14.3. The first-order valence-corrected chi connectivity index (χ1v) is 7.12. The van der Waals surface area contributed by atoms with Gasteiger partial charge >= 0.3 is 5.69 Å². The summed E-state index contributed by atoms with van der Waals surface area (Å²) in [6.07, 6.45) is 0. The average Bonchev–Trinajstić information content (AvgIpc) is 2.56. The van der Waals surface area contributed by atoms with Crippen molar-refractivity contribution in [3.05, 3.63) is 68.4 Å². The topological polar surface area (TPSA) is 94.6 Å². The van der Waals surface area contributed by atoms with Crippen LogP contribution in [0.2, 0.25) is 0 Å². The maximum Gasteiger partial charge on any atom is 0.376 e. The summed E-state index contributed by atoms with van der Waals surface area (Å²) >= 11 is 0. The predicted molar refractivity (Wildman–Crippen MR) is 90.2 cm³/mol. The number of hydrogen-bond donors (Lipinski definition) is 1. The molecule has 1 heterocycles. The molecule has 0 saturated heterocycles. The molecule has 1 aromatic heterocycles. The Bertz CT molecular complexity index is 977. The van der Waals surface area contributed by atoms with Crippen molar-refractivity contribution < 1.29 is 14.1 Å². The van der Waals surface area contributed by atoms with Gasteiger partial charge in [0.25, 0.3) is 11.3 Å². The van der Waals surface area contributed by atoms with E-state index >= 15 is 0 Å². The molecule has 0 bridgehead atoms. The van der Waals surface area contributed by atoms with Gasteiger partial charge in [0.15, 0.2) is 0 Å². The Morgan fingerprint density at radius 3 is 2.50 bits per heavy atom. The van der Waals surface area contributed by atoms with E-state index in [0.29, 0.717) is 11.4 Å². The van der Waals surface area contributed by atoms with E-state index < -0.39 is 16.0 Å². The number of fused-ring (bicyclic) bond motifs is 1. The van der Waals surface area contributed by atoms with Crippen LogP contribution < -0.4 is 15.5 Å². The van der Waals surface area contributed by atoms with Gasteiger partial charge in [0.05, 0.1) is 17.4 Å². The highest BCUT2D eigenvalue weighted by Crippen LogP contribution is 2.29. The number of methoxy groups -OCH3 is 1. The molecule has 0 radical (unpaired) electrons. The van der Waals surface area contributed by atoms with E-state index in [1.54, 1.807) is 49.4 Å². The molecule has 2 aromatic carbocycles. The van der Waals surface area contributed by atoms with Gasteiger partial charge in [-0.05, 0) is 43.3 Å². The molecule has 24 heavy (non-hydrogen) atoms. The zero-order valence-electron chi connectivity index (χ0n) is 13.0. The van der Waals surface area contributed by atoms with Crippen molar-refractivity contribution in [2.75, 3.05) is 12.4 Å². The number of nitro groups is 1. The standard InChI is InChI=1S/C17H14N2O5/c1-10-3-8-14-13(9-10)16(20)15(19(21)22)17(24-14)18-11-4-6-12(23-2)7-5-11/h3-9,18H,1-2H3. The van der Waals surface area contributed by atoms with Crippen LogP contribution in [0.3, 0.4) is 0 Å². The molecule has 3 rings (SSSR count). The third kappa shape index (κ3) is 2.79. The largest absolute Gasteiger partial charge is 0.497 e. The normalized spacial score (nSPS) is 10.6. The SMILES string of the molecule is COc1ccc(Nc2oc3ccc(C)cc3c(=O)c2[N+](=O)[O-])cc1. The van der Waals surface area contributed by atoms with E-state index in [2.05, 4.69) is 5.32 Å². The summed E-state index contributed by atoms with van der Waals surface area (Å²) in [6, 6.07) is 11.7. The lowest BCUT2D eigenvalue weighted by Gasteiger charge is -2.08. The van der Waals surface area contributed by atoms with Crippen molar-refractivity contribution in [1.82, 2.24) is 0 Å². The van der Waals surface area contributed by atoms with Crippen LogP contribution in [-0.2, 0) is 0 Å². The van der Waals surface area contributed by atoms with Crippen LogP contribution in [0.15, 0.2) is 51.7 Å². The number of nitrogens with zero attached hydrogens (tertiary/aromatic N) is 1. The number of rotatable bonds is 4. The van der Waals surface area contributed by atoms with E-state index in [-0.39, 0.29) is 16.9 Å². The van der Waals surface area contributed by atoms with Gasteiger partial charge in [0.1, 0.15) is 11.3 Å². The van der Waals surface area contributed by atoms with Crippen molar-refractivity contribution in [2.45, 2.75) is 6.92 Å². The molecule has 0 saturated carbocycles. The molecule has 7 heteroatoms. The zero-order valence-corrected chi connectivity index (χ0v) is 13.0. The smallest absolute Gasteiger partial charge is 0.376 e. The molecule has 122 valence electrons. The first-order chi connectivity index (χ1) is 11.5. The summed E-state index contributed by atoms with van der Waals surface area (Å²) in [7, 11) is 1.54. The van der Waals surface area contributed by atoms with Crippen LogP contribution in [-0.4, -0.2) is 12.0 Å². The second-order valence-electron chi connectivity index (χ2n) is 5.22. The van der Waals surface area contributed by atoms with Crippen LogP contribution in [0.25, 0.3) is 11.0 Å². The summed E-state index contributed by atoms with van der Waals surface area (Å²) in [6.45, 7) is 1.80. The summed E-state index contributed by atoms with van der Waals surface area (Å²) < 4.78 is 10.6. The monoisotopic (exact) mass is 326 g/mol. The fourth-order valence-corrected chi connectivity index (χ4v) is 2.36. The minimum Gasteiger partial charge on any atom is -0.497 e. The predicted octanol–water partition coefficient (Wildman–Crippen LogP) is 3.76. The van der Waals surface area contributed by atoms with Crippen LogP contribution >= 0.6 is 0 Å². The van der Waals surface area contributed by atoms with Crippen LogP contribution in [0.1, 0.15) is 5.56 Å². The Morgan fingerprint density at radius 2 is 1.88 bits per heavy atom. The van der Waals surface area contributed by atoms with Crippen LogP contribution in [0.5, 0.6) is 5.75 Å². The van der Waals surface area contributed by atoms with E-state index in [0.717, 1.165) is 5.56 Å². The zero-order chi connectivity index (χ0) is 17.3. The number of nitrogens with one attached hydrogen (secondary N) is 1. The maximum absolute atomic E-state index is 12.5. The minimum atomic E-state index is -0.737. The highest BCUT2D eigenvalue weighted by molar-refractivity contribution is 5.83. The summed E-state index contributed by atoms with van der Waals surface area (Å²) in [5.74, 6) is 0.442. The lowest BCUT2D eigenvalue weighted by molar-refractivity contribution is -0.385. The Morgan fingerprint density at radius 1 is 1.17 bits per heavy atom. The van der Waals surface area contributed by atoms with Gasteiger partial charge < -0.3 is 14.5 Å². The average molecular weight is 326 g/mol. The molecule has 7 nitrogen and oxygen atoms in total. The molecule has 0 fully saturated rings. The Labute approximate surface area is 136 Å². The molecule has 0 aliphatic carbocycles. The second kappa shape index (κ2) is 6.04. The molecule has 1 N–H and O–H groups in total. The van der Waals surface area contributed by atoms with Crippen molar-refractivity contribution in [3.8, 4) is 5.75 Å². The van der Waals surface area contributed by atoms with E-state index in [1.807, 2.05) is 0 Å². The van der Waals surface area contributed by atoms with Gasteiger partial charge in [0.2, 0.25) is 0 Å². The van der Waals surface area contributed by atoms with Gasteiger partial charge in [-0.25, -0.2) is 0 Å². The van der Waals surface area contributed by atoms with Crippen LogP contribution in [0.4, 0.5) is 17.3 Å². The maximum atomic E-state index is 12.5. The van der Waals surface area contributed by atoms with Gasteiger partial charge in [-0.2, -0.15) is 0 Å². The molecule has 0 unspecified atom stereocenters. The van der Waals surface area contributed by atoms with Gasteiger partial charge in [-0.15, -0.1) is 0 Å². The number of benzene rings is 2. The highest BCUT2D eigenvalue weighted by Gasteiger charge is 2.25.